The fourth-order valence-corrected chi connectivity index (χ4v) is 2.48. The number of rotatable bonds is 1. The summed E-state index contributed by atoms with van der Waals surface area (Å²) in [6.45, 7) is 1.88. The lowest BCUT2D eigenvalue weighted by molar-refractivity contribution is 1.07. The van der Waals surface area contributed by atoms with E-state index in [0.717, 1.165) is 33.7 Å². The summed E-state index contributed by atoms with van der Waals surface area (Å²) in [5.41, 5.74) is 9.37. The molecular formula is C17H15N5. The smallest absolute Gasteiger partial charge is 0.142 e. The van der Waals surface area contributed by atoms with Crippen LogP contribution in [0.2, 0.25) is 0 Å². The van der Waals surface area contributed by atoms with Gasteiger partial charge in [0.1, 0.15) is 23.0 Å². The molecule has 0 unspecified atom stereocenters. The molecule has 0 amide bonds. The Morgan fingerprint density at radius 3 is 2.95 bits per heavy atom. The Kier molecular flexibility index (Phi) is 2.83. The molecule has 0 spiro atoms. The van der Waals surface area contributed by atoms with Gasteiger partial charge in [-0.3, -0.25) is 0 Å². The molecule has 3 N–H and O–H groups in total. The van der Waals surface area contributed by atoms with E-state index in [1.54, 1.807) is 6.20 Å². The number of aromatic amines is 1. The van der Waals surface area contributed by atoms with Gasteiger partial charge in [-0.05, 0) is 43.4 Å². The Morgan fingerprint density at radius 1 is 1.32 bits per heavy atom. The second-order valence-corrected chi connectivity index (χ2v) is 5.56. The number of hydrogen-bond donors (Lipinski definition) is 2. The highest BCUT2D eigenvalue weighted by Gasteiger charge is 2.18. The highest BCUT2D eigenvalue weighted by Crippen LogP contribution is 2.31. The average molecular weight is 289 g/mol. The van der Waals surface area contributed by atoms with Crippen molar-refractivity contribution in [2.24, 2.45) is 5.92 Å². The number of nitrogen functional groups attached to an aromatic ring is 1. The molecule has 1 aliphatic rings. The summed E-state index contributed by atoms with van der Waals surface area (Å²) in [6, 6.07) is 3.78. The molecule has 0 radical (unpaired) electrons. The fourth-order valence-electron chi connectivity index (χ4n) is 2.48. The van der Waals surface area contributed by atoms with Gasteiger partial charge in [0.25, 0.3) is 0 Å². The molecule has 3 heterocycles. The quantitative estimate of drug-likeness (QED) is 0.675. The molecule has 0 bridgehead atoms. The summed E-state index contributed by atoms with van der Waals surface area (Å²) in [5.74, 6) is 8.25. The van der Waals surface area contributed by atoms with Crippen LogP contribution in [0.5, 0.6) is 0 Å². The molecule has 0 aliphatic heterocycles. The van der Waals surface area contributed by atoms with Crippen molar-refractivity contribution in [1.82, 2.24) is 19.9 Å². The number of anilines is 1. The summed E-state index contributed by atoms with van der Waals surface area (Å²) < 4.78 is 0. The molecule has 5 nitrogen and oxygen atoms in total. The molecule has 0 aromatic carbocycles. The largest absolute Gasteiger partial charge is 0.384 e. The van der Waals surface area contributed by atoms with Crippen molar-refractivity contribution < 1.29 is 0 Å². The van der Waals surface area contributed by atoms with Crippen molar-refractivity contribution in [3.63, 3.8) is 0 Å². The Hall–Kier alpha value is -2.87. The lowest BCUT2D eigenvalue weighted by atomic mass is 10.1. The minimum Gasteiger partial charge on any atom is -0.384 e. The zero-order valence-electron chi connectivity index (χ0n) is 12.2. The second kappa shape index (κ2) is 4.85. The summed E-state index contributed by atoms with van der Waals surface area (Å²) in [7, 11) is 0. The van der Waals surface area contributed by atoms with Crippen LogP contribution in [0, 0.1) is 24.7 Å². The van der Waals surface area contributed by atoms with Gasteiger partial charge in [-0.1, -0.05) is 5.92 Å². The van der Waals surface area contributed by atoms with Crippen LogP contribution in [0.3, 0.4) is 0 Å². The summed E-state index contributed by atoms with van der Waals surface area (Å²) in [6.07, 6.45) is 6.02. The number of aryl methyl sites for hydroxylation is 1. The predicted molar refractivity (Wildman–Crippen MR) is 85.9 cm³/mol. The van der Waals surface area contributed by atoms with Crippen LogP contribution < -0.4 is 5.73 Å². The van der Waals surface area contributed by atoms with E-state index in [4.69, 9.17) is 5.73 Å². The van der Waals surface area contributed by atoms with Gasteiger partial charge in [-0.2, -0.15) is 0 Å². The van der Waals surface area contributed by atoms with E-state index in [2.05, 4.69) is 31.8 Å². The van der Waals surface area contributed by atoms with Gasteiger partial charge in [0.15, 0.2) is 0 Å². The number of nitrogens with zero attached hydrogens (tertiary/aromatic N) is 3. The highest BCUT2D eigenvalue weighted by atomic mass is 14.9. The number of fused-ring (bicyclic) bond motifs is 1. The van der Waals surface area contributed by atoms with Crippen LogP contribution in [-0.2, 0) is 0 Å². The van der Waals surface area contributed by atoms with Crippen LogP contribution in [0.1, 0.15) is 24.4 Å². The summed E-state index contributed by atoms with van der Waals surface area (Å²) >= 11 is 0. The molecule has 0 atom stereocenters. The molecule has 1 aliphatic carbocycles. The molecule has 22 heavy (non-hydrogen) atoms. The van der Waals surface area contributed by atoms with Crippen molar-refractivity contribution in [2.45, 2.75) is 19.8 Å². The predicted octanol–water partition coefficient (Wildman–Crippen LogP) is 2.67. The van der Waals surface area contributed by atoms with Crippen molar-refractivity contribution in [1.29, 1.82) is 0 Å². The van der Waals surface area contributed by atoms with Crippen molar-refractivity contribution in [2.75, 3.05) is 5.73 Å². The summed E-state index contributed by atoms with van der Waals surface area (Å²) in [4.78, 5) is 16.2. The van der Waals surface area contributed by atoms with Crippen LogP contribution >= 0.6 is 0 Å². The maximum Gasteiger partial charge on any atom is 0.142 e. The van der Waals surface area contributed by atoms with E-state index in [-0.39, 0.29) is 0 Å². The van der Waals surface area contributed by atoms with E-state index < -0.39 is 0 Å². The zero-order chi connectivity index (χ0) is 15.1. The SMILES string of the molecule is Cc1nc(C#CC2CC2)c2c(-c3ccnc(N)c3)c[nH]c2n1. The second-order valence-electron chi connectivity index (χ2n) is 5.56. The standard InChI is InChI=1S/C17H15N5/c1-10-21-14(5-4-11-2-3-11)16-13(9-20-17(16)22-10)12-6-7-19-15(18)8-12/h6-9,11H,2-3H2,1H3,(H2,18,19)(H,20,21,22). The van der Waals surface area contributed by atoms with Gasteiger partial charge >= 0.3 is 0 Å². The molecule has 0 saturated heterocycles. The zero-order valence-corrected chi connectivity index (χ0v) is 12.2. The Balaban J connectivity index is 1.94. The maximum absolute atomic E-state index is 5.80. The third kappa shape index (κ3) is 2.29. The maximum atomic E-state index is 5.80. The van der Waals surface area contributed by atoms with Gasteiger partial charge in [-0.15, -0.1) is 0 Å². The lowest BCUT2D eigenvalue weighted by Crippen LogP contribution is -1.94. The van der Waals surface area contributed by atoms with Crippen LogP contribution in [0.4, 0.5) is 5.82 Å². The topological polar surface area (TPSA) is 80.5 Å². The minimum atomic E-state index is 0.491. The Morgan fingerprint density at radius 2 is 2.18 bits per heavy atom. The van der Waals surface area contributed by atoms with Crippen molar-refractivity contribution >= 4 is 16.9 Å². The van der Waals surface area contributed by atoms with E-state index in [9.17, 15) is 0 Å². The number of H-pyrrole nitrogens is 1. The van der Waals surface area contributed by atoms with E-state index >= 15 is 0 Å². The normalized spacial score (nSPS) is 13.9. The number of hydrogen-bond acceptors (Lipinski definition) is 4. The van der Waals surface area contributed by atoms with Gasteiger partial charge in [0.05, 0.1) is 5.39 Å². The van der Waals surface area contributed by atoms with Crippen molar-refractivity contribution in [3.8, 4) is 23.0 Å². The van der Waals surface area contributed by atoms with Crippen LogP contribution in [-0.4, -0.2) is 19.9 Å². The molecule has 5 heteroatoms. The lowest BCUT2D eigenvalue weighted by Gasteiger charge is -2.03. The first-order valence-electron chi connectivity index (χ1n) is 7.30. The monoisotopic (exact) mass is 289 g/mol. The minimum absolute atomic E-state index is 0.491. The molecule has 3 aromatic heterocycles. The third-order valence-corrected chi connectivity index (χ3v) is 3.71. The van der Waals surface area contributed by atoms with Crippen molar-refractivity contribution in [3.05, 3.63) is 36.0 Å². The van der Waals surface area contributed by atoms with Gasteiger partial charge in [0, 0.05) is 23.9 Å². The average Bonchev–Trinajstić information content (AvgIpc) is 3.23. The van der Waals surface area contributed by atoms with Gasteiger partial charge in [0.2, 0.25) is 0 Å². The number of nitrogens with one attached hydrogen (secondary N) is 1. The van der Waals surface area contributed by atoms with Gasteiger partial charge < -0.3 is 10.7 Å². The first-order valence-corrected chi connectivity index (χ1v) is 7.30. The Bertz CT molecular complexity index is 925. The van der Waals surface area contributed by atoms with Gasteiger partial charge in [-0.25, -0.2) is 15.0 Å². The fraction of sp³-hybridized carbons (Fsp3) is 0.235. The Labute approximate surface area is 128 Å². The van der Waals surface area contributed by atoms with Crippen LogP contribution in [0.15, 0.2) is 24.5 Å². The summed E-state index contributed by atoms with van der Waals surface area (Å²) in [5, 5.41) is 0.948. The van der Waals surface area contributed by atoms with E-state index in [0.29, 0.717) is 11.7 Å². The number of pyridine rings is 1. The molecule has 3 aromatic rings. The number of nitrogens with two attached hydrogens (primary N) is 1. The molecular weight excluding hydrogens is 274 g/mol. The highest BCUT2D eigenvalue weighted by molar-refractivity contribution is 5.97. The van der Waals surface area contributed by atoms with E-state index in [1.165, 1.54) is 12.8 Å². The molecule has 4 rings (SSSR count). The molecule has 108 valence electrons. The first-order chi connectivity index (χ1) is 10.7. The first kappa shape index (κ1) is 12.8. The number of aromatic nitrogens is 4. The molecule has 1 fully saturated rings. The van der Waals surface area contributed by atoms with E-state index in [1.807, 2.05) is 25.3 Å². The van der Waals surface area contributed by atoms with Crippen LogP contribution in [0.25, 0.3) is 22.2 Å². The third-order valence-electron chi connectivity index (χ3n) is 3.71. The molecule has 1 saturated carbocycles.